The van der Waals surface area contributed by atoms with Gasteiger partial charge in [0.1, 0.15) is 5.82 Å². The second kappa shape index (κ2) is 9.39. The fourth-order valence-electron chi connectivity index (χ4n) is 1.47. The van der Waals surface area contributed by atoms with Crippen LogP contribution in [0, 0.1) is 5.82 Å². The van der Waals surface area contributed by atoms with Crippen LogP contribution in [-0.4, -0.2) is 44.7 Å². The summed E-state index contributed by atoms with van der Waals surface area (Å²) in [5, 5.41) is 12.7. The van der Waals surface area contributed by atoms with Crippen LogP contribution in [0.5, 0.6) is 0 Å². The maximum Gasteiger partial charge on any atom is 0.123 e. The van der Waals surface area contributed by atoms with Gasteiger partial charge in [-0.3, -0.25) is 0 Å². The van der Waals surface area contributed by atoms with Crippen molar-refractivity contribution in [3.63, 3.8) is 0 Å². The van der Waals surface area contributed by atoms with Gasteiger partial charge in [0, 0.05) is 24.7 Å². The summed E-state index contributed by atoms with van der Waals surface area (Å²) >= 11 is 3.35. The quantitative estimate of drug-likeness (QED) is 0.674. The Morgan fingerprint density at radius 3 is 2.95 bits per heavy atom. The predicted octanol–water partition coefficient (Wildman–Crippen LogP) is 1.70. The maximum absolute atomic E-state index is 13.0. The zero-order chi connectivity index (χ0) is 14.1. The van der Waals surface area contributed by atoms with Gasteiger partial charge in [0.2, 0.25) is 0 Å². The lowest BCUT2D eigenvalue weighted by molar-refractivity contribution is 0.0137. The van der Waals surface area contributed by atoms with E-state index in [1.54, 1.807) is 13.2 Å². The van der Waals surface area contributed by atoms with Crippen molar-refractivity contribution in [1.29, 1.82) is 0 Å². The number of nitrogens with one attached hydrogen (secondary N) is 1. The third-order valence-electron chi connectivity index (χ3n) is 2.45. The van der Waals surface area contributed by atoms with Crippen LogP contribution >= 0.6 is 15.9 Å². The molecule has 1 rings (SSSR count). The van der Waals surface area contributed by atoms with E-state index in [0.717, 1.165) is 10.0 Å². The van der Waals surface area contributed by atoms with Crippen molar-refractivity contribution in [1.82, 2.24) is 5.32 Å². The molecule has 108 valence electrons. The van der Waals surface area contributed by atoms with E-state index in [1.165, 1.54) is 12.1 Å². The molecular formula is C13H19BrFNO3. The summed E-state index contributed by atoms with van der Waals surface area (Å²) in [7, 11) is 1.60. The molecule has 0 heterocycles. The zero-order valence-electron chi connectivity index (χ0n) is 10.9. The van der Waals surface area contributed by atoms with Crippen LogP contribution < -0.4 is 5.32 Å². The number of aliphatic hydroxyl groups is 1. The van der Waals surface area contributed by atoms with E-state index in [9.17, 15) is 9.50 Å². The molecule has 0 saturated carbocycles. The lowest BCUT2D eigenvalue weighted by Gasteiger charge is -2.13. The van der Waals surface area contributed by atoms with Crippen LogP contribution in [-0.2, 0) is 16.0 Å². The molecule has 1 aromatic rings. The van der Waals surface area contributed by atoms with Crippen molar-refractivity contribution in [3.05, 3.63) is 34.1 Å². The number of hydrogen-bond acceptors (Lipinski definition) is 4. The van der Waals surface area contributed by atoms with Gasteiger partial charge in [-0.05, 0) is 23.8 Å². The molecule has 2 N–H and O–H groups in total. The van der Waals surface area contributed by atoms with Crippen molar-refractivity contribution >= 4 is 15.9 Å². The number of hydrogen-bond donors (Lipinski definition) is 2. The van der Waals surface area contributed by atoms with Gasteiger partial charge in [-0.1, -0.05) is 15.9 Å². The SMILES string of the molecule is COCCOCC(O)CNCc1cc(F)ccc1Br. The second-order valence-corrected chi connectivity index (χ2v) is 4.94. The maximum atomic E-state index is 13.0. The summed E-state index contributed by atoms with van der Waals surface area (Å²) in [5.74, 6) is -0.275. The molecule has 0 aliphatic heterocycles. The number of halogens is 2. The van der Waals surface area contributed by atoms with Crippen LogP contribution in [0.4, 0.5) is 4.39 Å². The highest BCUT2D eigenvalue weighted by atomic mass is 79.9. The first-order valence-corrected chi connectivity index (χ1v) is 6.82. The largest absolute Gasteiger partial charge is 0.389 e. The van der Waals surface area contributed by atoms with Gasteiger partial charge >= 0.3 is 0 Å². The normalized spacial score (nSPS) is 12.6. The molecule has 1 atom stereocenters. The van der Waals surface area contributed by atoms with Gasteiger partial charge in [-0.25, -0.2) is 4.39 Å². The molecule has 0 aromatic heterocycles. The standard InChI is InChI=1S/C13H19BrFNO3/c1-18-4-5-19-9-12(17)8-16-7-10-6-11(15)2-3-13(10)14/h2-3,6,12,16-17H,4-5,7-9H2,1H3. The summed E-state index contributed by atoms with van der Waals surface area (Å²) < 4.78 is 23.9. The zero-order valence-corrected chi connectivity index (χ0v) is 12.5. The highest BCUT2D eigenvalue weighted by molar-refractivity contribution is 9.10. The molecule has 0 bridgehead atoms. The molecule has 4 nitrogen and oxygen atoms in total. The Hall–Kier alpha value is -0.530. The van der Waals surface area contributed by atoms with Crippen molar-refractivity contribution in [2.24, 2.45) is 0 Å². The molecular weight excluding hydrogens is 317 g/mol. The average molecular weight is 336 g/mol. The smallest absolute Gasteiger partial charge is 0.123 e. The molecule has 19 heavy (non-hydrogen) atoms. The van der Waals surface area contributed by atoms with Gasteiger partial charge in [0.15, 0.2) is 0 Å². The van der Waals surface area contributed by atoms with Crippen molar-refractivity contribution < 1.29 is 19.0 Å². The van der Waals surface area contributed by atoms with Crippen LogP contribution in [0.25, 0.3) is 0 Å². The van der Waals surface area contributed by atoms with E-state index in [0.29, 0.717) is 26.3 Å². The lowest BCUT2D eigenvalue weighted by Crippen LogP contribution is -2.30. The van der Waals surface area contributed by atoms with E-state index in [4.69, 9.17) is 9.47 Å². The average Bonchev–Trinajstić information content (AvgIpc) is 2.39. The third kappa shape index (κ3) is 6.98. The number of ether oxygens (including phenoxy) is 2. The summed E-state index contributed by atoms with van der Waals surface area (Å²) in [6, 6.07) is 4.52. The number of benzene rings is 1. The fourth-order valence-corrected chi connectivity index (χ4v) is 1.86. The van der Waals surface area contributed by atoms with Crippen LogP contribution in [0.2, 0.25) is 0 Å². The van der Waals surface area contributed by atoms with Crippen LogP contribution in [0.1, 0.15) is 5.56 Å². The van der Waals surface area contributed by atoms with E-state index in [-0.39, 0.29) is 12.4 Å². The molecule has 1 aromatic carbocycles. The summed E-state index contributed by atoms with van der Waals surface area (Å²) in [6.07, 6.45) is -0.593. The molecule has 1 unspecified atom stereocenters. The first-order valence-electron chi connectivity index (χ1n) is 6.03. The fraction of sp³-hybridized carbons (Fsp3) is 0.538. The van der Waals surface area contributed by atoms with E-state index in [2.05, 4.69) is 21.2 Å². The van der Waals surface area contributed by atoms with Crippen LogP contribution in [0.15, 0.2) is 22.7 Å². The molecule has 0 aliphatic carbocycles. The van der Waals surface area contributed by atoms with Gasteiger partial charge in [-0.15, -0.1) is 0 Å². The van der Waals surface area contributed by atoms with Gasteiger partial charge in [-0.2, -0.15) is 0 Å². The van der Waals surface area contributed by atoms with Crippen molar-refractivity contribution in [2.45, 2.75) is 12.6 Å². The Labute approximate surface area is 121 Å². The van der Waals surface area contributed by atoms with Crippen molar-refractivity contribution in [3.8, 4) is 0 Å². The molecule has 0 amide bonds. The second-order valence-electron chi connectivity index (χ2n) is 4.09. The van der Waals surface area contributed by atoms with E-state index < -0.39 is 6.10 Å². The Morgan fingerprint density at radius 2 is 2.21 bits per heavy atom. The Morgan fingerprint density at radius 1 is 1.42 bits per heavy atom. The summed E-state index contributed by atoms with van der Waals surface area (Å²) in [4.78, 5) is 0. The molecule has 0 saturated heterocycles. The Bertz CT molecular complexity index is 379. The van der Waals surface area contributed by atoms with Gasteiger partial charge in [0.05, 0.1) is 25.9 Å². The molecule has 0 spiro atoms. The van der Waals surface area contributed by atoms with E-state index >= 15 is 0 Å². The first-order chi connectivity index (χ1) is 9.13. The van der Waals surface area contributed by atoms with Crippen LogP contribution in [0.3, 0.4) is 0 Å². The lowest BCUT2D eigenvalue weighted by atomic mass is 10.2. The highest BCUT2D eigenvalue weighted by Crippen LogP contribution is 2.17. The number of aliphatic hydroxyl groups excluding tert-OH is 1. The van der Waals surface area contributed by atoms with Gasteiger partial charge < -0.3 is 19.9 Å². The first kappa shape index (κ1) is 16.5. The Kier molecular flexibility index (Phi) is 8.16. The minimum absolute atomic E-state index is 0.251. The minimum Gasteiger partial charge on any atom is -0.389 e. The molecule has 0 fully saturated rings. The topological polar surface area (TPSA) is 50.7 Å². The van der Waals surface area contributed by atoms with Crippen molar-refractivity contribution in [2.75, 3.05) is 33.5 Å². The molecule has 0 aliphatic rings. The molecule has 6 heteroatoms. The number of rotatable bonds is 9. The van der Waals surface area contributed by atoms with Gasteiger partial charge in [0.25, 0.3) is 0 Å². The predicted molar refractivity (Wildman–Crippen MR) is 74.5 cm³/mol. The molecule has 0 radical (unpaired) electrons. The highest BCUT2D eigenvalue weighted by Gasteiger charge is 2.05. The third-order valence-corrected chi connectivity index (χ3v) is 3.22. The Balaban J connectivity index is 2.20. The monoisotopic (exact) mass is 335 g/mol. The van der Waals surface area contributed by atoms with E-state index in [1.807, 2.05) is 0 Å². The summed E-state index contributed by atoms with van der Waals surface area (Å²) in [5.41, 5.74) is 0.813. The summed E-state index contributed by atoms with van der Waals surface area (Å²) in [6.45, 7) is 2.09. The number of methoxy groups -OCH3 is 1. The minimum atomic E-state index is -0.593.